The van der Waals surface area contributed by atoms with Gasteiger partial charge in [-0.05, 0) is 32.4 Å². The molecule has 1 aromatic carbocycles. The summed E-state index contributed by atoms with van der Waals surface area (Å²) in [6.07, 6.45) is 1.08. The van der Waals surface area contributed by atoms with Crippen LogP contribution in [0.2, 0.25) is 6.04 Å². The predicted molar refractivity (Wildman–Crippen MR) is 79.4 cm³/mol. The van der Waals surface area contributed by atoms with Crippen LogP contribution in [0.15, 0.2) is 30.3 Å². The maximum atomic E-state index is 5.73. The molecule has 1 N–H and O–H groups in total. The maximum absolute atomic E-state index is 5.73. The van der Waals surface area contributed by atoms with Crippen LogP contribution in [-0.2, 0) is 8.85 Å². The first-order valence-electron chi connectivity index (χ1n) is 6.84. The average molecular weight is 267 g/mol. The fourth-order valence-electron chi connectivity index (χ4n) is 1.89. The summed E-state index contributed by atoms with van der Waals surface area (Å²) in [5.74, 6) is 0. The highest BCUT2D eigenvalue weighted by Crippen LogP contribution is 2.14. The van der Waals surface area contributed by atoms with Crippen LogP contribution in [0.25, 0.3) is 0 Å². The zero-order valence-electron chi connectivity index (χ0n) is 11.7. The summed E-state index contributed by atoms with van der Waals surface area (Å²) in [4.78, 5) is 0. The van der Waals surface area contributed by atoms with E-state index in [2.05, 4.69) is 36.5 Å². The Bertz CT molecular complexity index is 302. The van der Waals surface area contributed by atoms with E-state index in [-0.39, 0.29) is 0 Å². The molecule has 0 saturated heterocycles. The van der Waals surface area contributed by atoms with Crippen molar-refractivity contribution >= 4 is 15.0 Å². The Labute approximate surface area is 112 Å². The summed E-state index contributed by atoms with van der Waals surface area (Å²) in [5.41, 5.74) is 1.17. The zero-order chi connectivity index (χ0) is 13.2. The number of anilines is 1. The van der Waals surface area contributed by atoms with Gasteiger partial charge >= 0.3 is 9.28 Å². The molecule has 102 valence electrons. The van der Waals surface area contributed by atoms with Gasteiger partial charge in [0.15, 0.2) is 0 Å². The SMILES string of the molecule is CCO[SiH](CC(CC)Nc1ccccc1)OCC. The van der Waals surface area contributed by atoms with Gasteiger partial charge in [0.05, 0.1) is 0 Å². The van der Waals surface area contributed by atoms with Crippen LogP contribution >= 0.6 is 0 Å². The molecule has 18 heavy (non-hydrogen) atoms. The van der Waals surface area contributed by atoms with Crippen molar-refractivity contribution in [2.45, 2.75) is 39.3 Å². The summed E-state index contributed by atoms with van der Waals surface area (Å²) in [6, 6.07) is 11.8. The third kappa shape index (κ3) is 5.66. The van der Waals surface area contributed by atoms with Crippen molar-refractivity contribution in [3.8, 4) is 0 Å². The molecule has 0 saturated carbocycles. The van der Waals surface area contributed by atoms with Crippen LogP contribution in [0, 0.1) is 0 Å². The first-order valence-corrected chi connectivity index (χ1v) is 8.60. The molecule has 0 heterocycles. The van der Waals surface area contributed by atoms with Gasteiger partial charge in [-0.3, -0.25) is 0 Å². The van der Waals surface area contributed by atoms with Crippen LogP contribution in [0.5, 0.6) is 0 Å². The number of benzene rings is 1. The van der Waals surface area contributed by atoms with E-state index in [1.807, 2.05) is 19.9 Å². The molecule has 1 unspecified atom stereocenters. The fraction of sp³-hybridized carbons (Fsp3) is 0.571. The van der Waals surface area contributed by atoms with E-state index in [1.165, 1.54) is 5.69 Å². The van der Waals surface area contributed by atoms with Crippen LogP contribution in [-0.4, -0.2) is 28.5 Å². The van der Waals surface area contributed by atoms with Crippen LogP contribution in [0.3, 0.4) is 0 Å². The Hall–Kier alpha value is -0.843. The second-order valence-electron chi connectivity index (χ2n) is 4.19. The lowest BCUT2D eigenvalue weighted by molar-refractivity contribution is 0.212. The van der Waals surface area contributed by atoms with Gasteiger partial charge < -0.3 is 14.2 Å². The minimum atomic E-state index is -1.51. The van der Waals surface area contributed by atoms with Gasteiger partial charge in [0.25, 0.3) is 0 Å². The minimum Gasteiger partial charge on any atom is -0.397 e. The highest BCUT2D eigenvalue weighted by Gasteiger charge is 2.18. The van der Waals surface area contributed by atoms with Gasteiger partial charge in [0.2, 0.25) is 0 Å². The molecule has 0 radical (unpaired) electrons. The fourth-order valence-corrected chi connectivity index (χ4v) is 3.91. The normalized spacial score (nSPS) is 12.7. The van der Waals surface area contributed by atoms with Crippen LogP contribution in [0.4, 0.5) is 5.69 Å². The van der Waals surface area contributed by atoms with Crippen molar-refractivity contribution in [1.82, 2.24) is 0 Å². The maximum Gasteiger partial charge on any atom is 0.323 e. The lowest BCUT2D eigenvalue weighted by Crippen LogP contribution is -2.31. The largest absolute Gasteiger partial charge is 0.397 e. The summed E-state index contributed by atoms with van der Waals surface area (Å²) in [7, 11) is -1.51. The molecule has 1 aromatic rings. The molecule has 0 fully saturated rings. The molecule has 3 nitrogen and oxygen atoms in total. The van der Waals surface area contributed by atoms with Crippen molar-refractivity contribution in [2.24, 2.45) is 0 Å². The number of hydrogen-bond acceptors (Lipinski definition) is 3. The van der Waals surface area contributed by atoms with Gasteiger partial charge in [0.1, 0.15) is 0 Å². The minimum absolute atomic E-state index is 0.433. The number of para-hydroxylation sites is 1. The number of rotatable bonds is 9. The first-order chi connectivity index (χ1) is 8.80. The van der Waals surface area contributed by atoms with E-state index in [9.17, 15) is 0 Å². The Balaban J connectivity index is 2.49. The average Bonchev–Trinajstić information content (AvgIpc) is 2.39. The molecule has 0 aliphatic carbocycles. The summed E-state index contributed by atoms with van der Waals surface area (Å²) in [5, 5.41) is 3.55. The van der Waals surface area contributed by atoms with Crippen LogP contribution in [0.1, 0.15) is 27.2 Å². The van der Waals surface area contributed by atoms with Crippen molar-refractivity contribution in [3.05, 3.63) is 30.3 Å². The van der Waals surface area contributed by atoms with Gasteiger partial charge in [0, 0.05) is 31.0 Å². The van der Waals surface area contributed by atoms with E-state index in [0.29, 0.717) is 6.04 Å². The third-order valence-electron chi connectivity index (χ3n) is 2.82. The van der Waals surface area contributed by atoms with Crippen LogP contribution < -0.4 is 5.32 Å². The topological polar surface area (TPSA) is 30.5 Å². The van der Waals surface area contributed by atoms with Gasteiger partial charge in [-0.25, -0.2) is 0 Å². The Morgan fingerprint density at radius 3 is 2.17 bits per heavy atom. The van der Waals surface area contributed by atoms with E-state index < -0.39 is 9.28 Å². The van der Waals surface area contributed by atoms with Crippen molar-refractivity contribution in [2.75, 3.05) is 18.5 Å². The van der Waals surface area contributed by atoms with E-state index in [4.69, 9.17) is 8.85 Å². The van der Waals surface area contributed by atoms with E-state index in [1.54, 1.807) is 0 Å². The predicted octanol–water partition coefficient (Wildman–Crippen LogP) is 3.17. The molecular formula is C14H25NO2Si. The lowest BCUT2D eigenvalue weighted by Gasteiger charge is -2.22. The highest BCUT2D eigenvalue weighted by molar-refractivity contribution is 6.44. The second kappa shape index (κ2) is 9.14. The molecule has 0 bridgehead atoms. The van der Waals surface area contributed by atoms with E-state index >= 15 is 0 Å². The molecular weight excluding hydrogens is 242 g/mol. The smallest absolute Gasteiger partial charge is 0.323 e. The Kier molecular flexibility index (Phi) is 7.72. The monoisotopic (exact) mass is 267 g/mol. The van der Waals surface area contributed by atoms with Crippen molar-refractivity contribution in [1.29, 1.82) is 0 Å². The number of nitrogens with one attached hydrogen (secondary N) is 1. The molecule has 0 spiro atoms. The Morgan fingerprint density at radius 2 is 1.67 bits per heavy atom. The standard InChI is InChI=1S/C14H25NO2Si/c1-4-13(12-18(16-5-2)17-6-3)15-14-10-8-7-9-11-14/h7-11,13,15,18H,4-6,12H2,1-3H3. The summed E-state index contributed by atoms with van der Waals surface area (Å²) >= 11 is 0. The highest BCUT2D eigenvalue weighted by atomic mass is 28.3. The summed E-state index contributed by atoms with van der Waals surface area (Å²) in [6.45, 7) is 7.76. The van der Waals surface area contributed by atoms with Crippen molar-refractivity contribution < 1.29 is 8.85 Å². The van der Waals surface area contributed by atoms with Gasteiger partial charge in [-0.2, -0.15) is 0 Å². The molecule has 0 aromatic heterocycles. The summed E-state index contributed by atoms with van der Waals surface area (Å²) < 4.78 is 11.5. The zero-order valence-corrected chi connectivity index (χ0v) is 12.8. The van der Waals surface area contributed by atoms with E-state index in [0.717, 1.165) is 25.7 Å². The molecule has 0 aliphatic heterocycles. The third-order valence-corrected chi connectivity index (χ3v) is 5.18. The Morgan fingerprint density at radius 1 is 1.06 bits per heavy atom. The molecule has 4 heteroatoms. The molecule has 0 aliphatic rings. The lowest BCUT2D eigenvalue weighted by atomic mass is 10.2. The van der Waals surface area contributed by atoms with Gasteiger partial charge in [-0.1, -0.05) is 25.1 Å². The second-order valence-corrected chi connectivity index (χ2v) is 6.19. The molecule has 1 rings (SSSR count). The quantitative estimate of drug-likeness (QED) is 0.697. The van der Waals surface area contributed by atoms with Crippen molar-refractivity contribution in [3.63, 3.8) is 0 Å². The van der Waals surface area contributed by atoms with Gasteiger partial charge in [-0.15, -0.1) is 0 Å². The number of hydrogen-bond donors (Lipinski definition) is 1. The first kappa shape index (κ1) is 15.2. The molecule has 1 atom stereocenters. The molecule has 0 amide bonds.